The second-order valence-electron chi connectivity index (χ2n) is 3.45. The van der Waals surface area contributed by atoms with Gasteiger partial charge in [0, 0.05) is 6.54 Å². The zero-order valence-electron chi connectivity index (χ0n) is 9.77. The lowest BCUT2D eigenvalue weighted by molar-refractivity contribution is 0.660. The number of nitrogens with two attached hydrogens (primary N) is 1. The molecule has 0 spiro atoms. The van der Waals surface area contributed by atoms with Gasteiger partial charge in [-0.15, -0.1) is 5.10 Å². The maximum absolute atomic E-state index is 11.4. The van der Waals surface area contributed by atoms with Gasteiger partial charge in [-0.1, -0.05) is 0 Å². The van der Waals surface area contributed by atoms with Crippen molar-refractivity contribution in [2.45, 2.75) is 30.6 Å². The first-order chi connectivity index (χ1) is 8.52. The SMILES string of the molecule is CCn1c(Sc2nc(Cl)nc(C)c2N)n[nH]c1=O. The normalized spacial score (nSPS) is 10.8. The van der Waals surface area contributed by atoms with Gasteiger partial charge in [0.25, 0.3) is 0 Å². The lowest BCUT2D eigenvalue weighted by Gasteiger charge is -2.06. The van der Waals surface area contributed by atoms with Crippen molar-refractivity contribution in [3.8, 4) is 0 Å². The number of nitrogens with one attached hydrogen (secondary N) is 1. The predicted octanol–water partition coefficient (Wildman–Crippen LogP) is 1.08. The fourth-order valence-corrected chi connectivity index (χ4v) is 2.58. The van der Waals surface area contributed by atoms with Crippen LogP contribution in [0.15, 0.2) is 15.0 Å². The molecule has 0 aliphatic heterocycles. The van der Waals surface area contributed by atoms with Crippen molar-refractivity contribution in [1.29, 1.82) is 0 Å². The first kappa shape index (κ1) is 12.9. The molecule has 3 N–H and O–H groups in total. The molecule has 0 amide bonds. The predicted molar refractivity (Wildman–Crippen MR) is 68.8 cm³/mol. The van der Waals surface area contributed by atoms with Gasteiger partial charge in [-0.25, -0.2) is 19.9 Å². The number of nitrogen functional groups attached to an aromatic ring is 1. The second kappa shape index (κ2) is 4.99. The molecule has 0 atom stereocenters. The third-order valence-electron chi connectivity index (χ3n) is 2.30. The molecule has 9 heteroatoms. The van der Waals surface area contributed by atoms with Crippen LogP contribution in [0, 0.1) is 6.92 Å². The summed E-state index contributed by atoms with van der Waals surface area (Å²) in [6, 6.07) is 0. The van der Waals surface area contributed by atoms with E-state index in [1.807, 2.05) is 6.92 Å². The summed E-state index contributed by atoms with van der Waals surface area (Å²) >= 11 is 6.95. The molecule has 0 bridgehead atoms. The van der Waals surface area contributed by atoms with E-state index in [4.69, 9.17) is 17.3 Å². The molecule has 96 valence electrons. The minimum absolute atomic E-state index is 0.116. The van der Waals surface area contributed by atoms with Crippen LogP contribution in [0.25, 0.3) is 0 Å². The van der Waals surface area contributed by atoms with E-state index in [-0.39, 0.29) is 11.0 Å². The summed E-state index contributed by atoms with van der Waals surface area (Å²) in [6.07, 6.45) is 0. The Labute approximate surface area is 112 Å². The Morgan fingerprint density at radius 2 is 2.22 bits per heavy atom. The summed E-state index contributed by atoms with van der Waals surface area (Å²) in [5, 5.41) is 7.38. The van der Waals surface area contributed by atoms with Gasteiger partial charge < -0.3 is 5.73 Å². The minimum Gasteiger partial charge on any atom is -0.395 e. The van der Waals surface area contributed by atoms with Crippen LogP contribution in [-0.2, 0) is 6.54 Å². The first-order valence-corrected chi connectivity index (χ1v) is 6.35. The van der Waals surface area contributed by atoms with Gasteiger partial charge in [0.05, 0.1) is 11.4 Å². The highest BCUT2D eigenvalue weighted by Gasteiger charge is 2.14. The number of H-pyrrole nitrogens is 1. The number of rotatable bonds is 3. The van der Waals surface area contributed by atoms with Crippen LogP contribution in [0.5, 0.6) is 0 Å². The Hall–Kier alpha value is -1.54. The molecule has 0 saturated heterocycles. The van der Waals surface area contributed by atoms with Crippen LogP contribution >= 0.6 is 23.4 Å². The highest BCUT2D eigenvalue weighted by Crippen LogP contribution is 2.30. The molecule has 0 radical (unpaired) electrons. The van der Waals surface area contributed by atoms with E-state index >= 15 is 0 Å². The number of hydrogen-bond donors (Lipinski definition) is 2. The number of halogens is 1. The van der Waals surface area contributed by atoms with Gasteiger partial charge in [0.15, 0.2) is 5.16 Å². The third-order valence-corrected chi connectivity index (χ3v) is 3.47. The molecule has 2 aromatic heterocycles. The van der Waals surface area contributed by atoms with Crippen LogP contribution in [0.4, 0.5) is 5.69 Å². The highest BCUT2D eigenvalue weighted by molar-refractivity contribution is 7.99. The van der Waals surface area contributed by atoms with Crippen molar-refractivity contribution in [2.75, 3.05) is 5.73 Å². The molecule has 2 heterocycles. The summed E-state index contributed by atoms with van der Waals surface area (Å²) in [5.41, 5.74) is 6.63. The van der Waals surface area contributed by atoms with E-state index in [1.165, 1.54) is 16.3 Å². The van der Waals surface area contributed by atoms with Gasteiger partial charge in [-0.2, -0.15) is 0 Å². The summed E-state index contributed by atoms with van der Waals surface area (Å²) in [4.78, 5) is 19.4. The van der Waals surface area contributed by atoms with Crippen LogP contribution in [-0.4, -0.2) is 24.7 Å². The third kappa shape index (κ3) is 2.34. The lowest BCUT2D eigenvalue weighted by Crippen LogP contribution is -2.16. The quantitative estimate of drug-likeness (QED) is 0.646. The number of anilines is 1. The Balaban J connectivity index is 2.43. The standard InChI is InChI=1S/C9H11ClN6OS/c1-3-16-8(17)14-15-9(16)18-6-5(11)4(2)12-7(10)13-6/h3,11H2,1-2H3,(H,14,17). The summed E-state index contributed by atoms with van der Waals surface area (Å²) < 4.78 is 1.48. The molecule has 0 unspecified atom stereocenters. The smallest absolute Gasteiger partial charge is 0.343 e. The lowest BCUT2D eigenvalue weighted by atomic mass is 10.4. The maximum atomic E-state index is 11.4. The average Bonchev–Trinajstić information content (AvgIpc) is 2.66. The van der Waals surface area contributed by atoms with E-state index in [2.05, 4.69) is 20.2 Å². The molecule has 0 aliphatic carbocycles. The van der Waals surface area contributed by atoms with Gasteiger partial charge in [-0.05, 0) is 37.2 Å². The molecular weight excluding hydrogens is 276 g/mol. The van der Waals surface area contributed by atoms with Crippen LogP contribution in [0.3, 0.4) is 0 Å². The molecule has 0 fully saturated rings. The maximum Gasteiger partial charge on any atom is 0.343 e. The van der Waals surface area contributed by atoms with Crippen LogP contribution < -0.4 is 11.4 Å². The fourth-order valence-electron chi connectivity index (χ4n) is 1.35. The Morgan fingerprint density at radius 1 is 1.50 bits per heavy atom. The molecule has 0 aromatic carbocycles. The Kier molecular flexibility index (Phi) is 3.58. The van der Waals surface area contributed by atoms with Crippen LogP contribution in [0.2, 0.25) is 5.28 Å². The van der Waals surface area contributed by atoms with Gasteiger partial charge in [0.2, 0.25) is 5.28 Å². The van der Waals surface area contributed by atoms with Crippen molar-refractivity contribution < 1.29 is 0 Å². The largest absolute Gasteiger partial charge is 0.395 e. The molecule has 2 aromatic rings. The van der Waals surface area contributed by atoms with Gasteiger partial charge >= 0.3 is 5.69 Å². The van der Waals surface area contributed by atoms with Crippen molar-refractivity contribution in [3.63, 3.8) is 0 Å². The van der Waals surface area contributed by atoms with Gasteiger partial charge in [-0.3, -0.25) is 4.57 Å². The van der Waals surface area contributed by atoms with Gasteiger partial charge in [0.1, 0.15) is 5.03 Å². The van der Waals surface area contributed by atoms with E-state index in [0.717, 1.165) is 0 Å². The average molecular weight is 287 g/mol. The highest BCUT2D eigenvalue weighted by atomic mass is 35.5. The number of nitrogens with zero attached hydrogens (tertiary/aromatic N) is 4. The zero-order valence-corrected chi connectivity index (χ0v) is 11.3. The monoisotopic (exact) mass is 286 g/mol. The first-order valence-electron chi connectivity index (χ1n) is 5.15. The van der Waals surface area contributed by atoms with Crippen molar-refractivity contribution >= 4 is 29.1 Å². The number of hydrogen-bond acceptors (Lipinski definition) is 6. The van der Waals surface area contributed by atoms with E-state index in [0.29, 0.717) is 28.1 Å². The molecule has 18 heavy (non-hydrogen) atoms. The van der Waals surface area contributed by atoms with E-state index in [1.54, 1.807) is 6.92 Å². The zero-order chi connectivity index (χ0) is 13.3. The fraction of sp³-hybridized carbons (Fsp3) is 0.333. The summed E-state index contributed by atoms with van der Waals surface area (Å²) in [5.74, 6) is 0. The van der Waals surface area contributed by atoms with Crippen molar-refractivity contribution in [1.82, 2.24) is 24.7 Å². The summed E-state index contributed by atoms with van der Waals surface area (Å²) in [7, 11) is 0. The number of aryl methyl sites for hydroxylation is 1. The van der Waals surface area contributed by atoms with Crippen molar-refractivity contribution in [3.05, 3.63) is 21.5 Å². The van der Waals surface area contributed by atoms with E-state index < -0.39 is 0 Å². The van der Waals surface area contributed by atoms with E-state index in [9.17, 15) is 4.79 Å². The molecular formula is C9H11ClN6OS. The molecule has 7 nitrogen and oxygen atoms in total. The van der Waals surface area contributed by atoms with Crippen molar-refractivity contribution in [2.24, 2.45) is 0 Å². The number of aromatic amines is 1. The molecule has 2 rings (SSSR count). The summed E-state index contributed by atoms with van der Waals surface area (Å²) in [6.45, 7) is 4.10. The Morgan fingerprint density at radius 3 is 2.89 bits per heavy atom. The van der Waals surface area contributed by atoms with Crippen LogP contribution in [0.1, 0.15) is 12.6 Å². The number of aromatic nitrogens is 5. The molecule has 0 aliphatic rings. The second-order valence-corrected chi connectivity index (χ2v) is 4.75. The Bertz CT molecular complexity index is 636. The topological polar surface area (TPSA) is 102 Å². The molecule has 0 saturated carbocycles. The minimum atomic E-state index is -0.268.